The van der Waals surface area contributed by atoms with Crippen molar-refractivity contribution in [3.8, 4) is 11.5 Å². The zero-order valence-corrected chi connectivity index (χ0v) is 18.7. The van der Waals surface area contributed by atoms with E-state index in [9.17, 15) is 14.7 Å². The second-order valence-corrected chi connectivity index (χ2v) is 7.82. The number of ketones is 1. The summed E-state index contributed by atoms with van der Waals surface area (Å²) < 4.78 is 10.6. The van der Waals surface area contributed by atoms with E-state index in [0.717, 1.165) is 16.7 Å². The first-order valence-electron chi connectivity index (χ1n) is 10.6. The van der Waals surface area contributed by atoms with Crippen LogP contribution >= 0.6 is 0 Å². The molecule has 0 aromatic heterocycles. The van der Waals surface area contributed by atoms with Gasteiger partial charge in [-0.3, -0.25) is 9.59 Å². The Morgan fingerprint density at radius 3 is 2.24 bits per heavy atom. The van der Waals surface area contributed by atoms with Crippen molar-refractivity contribution in [2.24, 2.45) is 0 Å². The van der Waals surface area contributed by atoms with Crippen LogP contribution in [0.2, 0.25) is 0 Å². The Bertz CT molecular complexity index is 1230. The van der Waals surface area contributed by atoms with Gasteiger partial charge in [0.15, 0.2) is 0 Å². The van der Waals surface area contributed by atoms with Gasteiger partial charge in [-0.15, -0.1) is 0 Å². The number of ether oxygens (including phenoxy) is 2. The van der Waals surface area contributed by atoms with Gasteiger partial charge in [-0.2, -0.15) is 0 Å². The zero-order valence-electron chi connectivity index (χ0n) is 18.7. The van der Waals surface area contributed by atoms with E-state index < -0.39 is 17.7 Å². The molecule has 33 heavy (non-hydrogen) atoms. The third-order valence-corrected chi connectivity index (χ3v) is 5.92. The summed E-state index contributed by atoms with van der Waals surface area (Å²) >= 11 is 0. The summed E-state index contributed by atoms with van der Waals surface area (Å²) in [5, 5.41) is 11.2. The highest BCUT2D eigenvalue weighted by molar-refractivity contribution is 6.46. The van der Waals surface area contributed by atoms with Gasteiger partial charge in [0.1, 0.15) is 17.3 Å². The highest BCUT2D eigenvalue weighted by Gasteiger charge is 2.46. The van der Waals surface area contributed by atoms with Crippen molar-refractivity contribution in [3.63, 3.8) is 0 Å². The quantitative estimate of drug-likeness (QED) is 0.341. The molecule has 0 bridgehead atoms. The van der Waals surface area contributed by atoms with Crippen molar-refractivity contribution >= 4 is 17.4 Å². The summed E-state index contributed by atoms with van der Waals surface area (Å²) in [5.41, 5.74) is 2.96. The van der Waals surface area contributed by atoms with Gasteiger partial charge in [-0.25, -0.2) is 0 Å². The lowest BCUT2D eigenvalue weighted by Crippen LogP contribution is -2.29. The van der Waals surface area contributed by atoms with Gasteiger partial charge in [0, 0.05) is 11.1 Å². The molecule has 0 spiro atoms. The fraction of sp³-hybridized carbons (Fsp3) is 0.185. The molecule has 4 rings (SSSR count). The van der Waals surface area contributed by atoms with Crippen LogP contribution in [0.25, 0.3) is 5.76 Å². The van der Waals surface area contributed by atoms with Crippen LogP contribution in [0.4, 0.5) is 0 Å². The number of para-hydroxylation sites is 1. The molecule has 6 nitrogen and oxygen atoms in total. The Hall–Kier alpha value is -4.06. The van der Waals surface area contributed by atoms with Crippen LogP contribution in [0, 0.1) is 6.92 Å². The first-order chi connectivity index (χ1) is 16.0. The zero-order chi connectivity index (χ0) is 23.5. The third-order valence-electron chi connectivity index (χ3n) is 5.92. The number of carbonyl (C=O) groups excluding carboxylic acids is 2. The second-order valence-electron chi connectivity index (χ2n) is 7.82. The van der Waals surface area contributed by atoms with Gasteiger partial charge in [0.2, 0.25) is 0 Å². The molecule has 1 fully saturated rings. The molecule has 0 aliphatic carbocycles. The van der Waals surface area contributed by atoms with Gasteiger partial charge < -0.3 is 19.5 Å². The molecule has 3 aromatic carbocycles. The average Bonchev–Trinajstić information content (AvgIpc) is 3.09. The number of amides is 1. The first-order valence-corrected chi connectivity index (χ1v) is 10.6. The Labute approximate surface area is 192 Å². The number of benzene rings is 3. The highest BCUT2D eigenvalue weighted by Crippen LogP contribution is 2.42. The maximum absolute atomic E-state index is 13.2. The lowest BCUT2D eigenvalue weighted by atomic mass is 9.92. The van der Waals surface area contributed by atoms with E-state index >= 15 is 0 Å². The summed E-state index contributed by atoms with van der Waals surface area (Å²) in [6, 6.07) is 20.9. The molecule has 1 amide bonds. The van der Waals surface area contributed by atoms with Crippen molar-refractivity contribution in [3.05, 3.63) is 101 Å². The molecule has 0 saturated carbocycles. The first kappa shape index (κ1) is 22.1. The topological polar surface area (TPSA) is 76.1 Å². The second kappa shape index (κ2) is 9.20. The maximum Gasteiger partial charge on any atom is 0.295 e. The van der Waals surface area contributed by atoms with Gasteiger partial charge in [0.25, 0.3) is 11.7 Å². The smallest absolute Gasteiger partial charge is 0.295 e. The predicted molar refractivity (Wildman–Crippen MR) is 125 cm³/mol. The fourth-order valence-corrected chi connectivity index (χ4v) is 4.18. The van der Waals surface area contributed by atoms with Crippen LogP contribution in [0.15, 0.2) is 78.4 Å². The predicted octanol–water partition coefficient (Wildman–Crippen LogP) is 4.63. The molecule has 1 heterocycles. The lowest BCUT2D eigenvalue weighted by molar-refractivity contribution is -0.140. The van der Waals surface area contributed by atoms with Gasteiger partial charge in [-0.05, 0) is 48.4 Å². The van der Waals surface area contributed by atoms with E-state index in [4.69, 9.17) is 9.47 Å². The third kappa shape index (κ3) is 4.07. The molecule has 1 saturated heterocycles. The summed E-state index contributed by atoms with van der Waals surface area (Å²) in [7, 11) is 3.12. The van der Waals surface area contributed by atoms with Gasteiger partial charge >= 0.3 is 0 Å². The monoisotopic (exact) mass is 443 g/mol. The number of carbonyl (C=O) groups is 2. The molecule has 1 atom stereocenters. The average molecular weight is 443 g/mol. The van der Waals surface area contributed by atoms with E-state index in [1.165, 1.54) is 4.90 Å². The van der Waals surface area contributed by atoms with Crippen LogP contribution in [-0.2, 0) is 16.1 Å². The number of aliphatic hydroxyl groups is 1. The van der Waals surface area contributed by atoms with Crippen LogP contribution in [0.3, 0.4) is 0 Å². The minimum Gasteiger partial charge on any atom is -0.507 e. The summed E-state index contributed by atoms with van der Waals surface area (Å²) in [6.07, 6.45) is 0. The summed E-state index contributed by atoms with van der Waals surface area (Å²) in [5.74, 6) is -0.348. The number of Topliss-reactive ketones (excluding diaryl/α,β-unsaturated/α-hetero) is 1. The van der Waals surface area contributed by atoms with Gasteiger partial charge in [-0.1, -0.05) is 42.5 Å². The molecular formula is C27H25NO5. The molecule has 3 aromatic rings. The van der Waals surface area contributed by atoms with Crippen molar-refractivity contribution in [2.75, 3.05) is 14.2 Å². The van der Waals surface area contributed by atoms with E-state index in [1.807, 2.05) is 55.5 Å². The molecule has 168 valence electrons. The SMILES string of the molecule is COc1ccc(/C(O)=C2\C(=O)C(=O)N(Cc3ccccc3OC)C2c2ccccc2C)cc1. The minimum atomic E-state index is -0.738. The number of aryl methyl sites for hydroxylation is 1. The summed E-state index contributed by atoms with van der Waals surface area (Å²) in [4.78, 5) is 27.9. The van der Waals surface area contributed by atoms with E-state index in [-0.39, 0.29) is 17.9 Å². The molecule has 1 unspecified atom stereocenters. The molecule has 1 N–H and O–H groups in total. The number of nitrogens with zero attached hydrogens (tertiary/aromatic N) is 1. The number of rotatable bonds is 6. The van der Waals surface area contributed by atoms with Crippen LogP contribution in [-0.4, -0.2) is 35.9 Å². The standard InChI is InChI=1S/C27H25NO5/c1-17-8-4-6-10-21(17)24-23(25(29)18-12-14-20(32-2)15-13-18)26(30)27(31)28(24)16-19-9-5-7-11-22(19)33-3/h4-15,24,29H,16H2,1-3H3/b25-23+. The maximum atomic E-state index is 13.2. The van der Waals surface area contributed by atoms with Crippen LogP contribution < -0.4 is 9.47 Å². The van der Waals surface area contributed by atoms with E-state index in [2.05, 4.69) is 0 Å². The Morgan fingerprint density at radius 1 is 0.909 bits per heavy atom. The van der Waals surface area contributed by atoms with Crippen molar-refractivity contribution in [2.45, 2.75) is 19.5 Å². The van der Waals surface area contributed by atoms with E-state index in [1.54, 1.807) is 38.5 Å². The minimum absolute atomic E-state index is 0.0642. The fourth-order valence-electron chi connectivity index (χ4n) is 4.18. The van der Waals surface area contributed by atoms with Crippen LogP contribution in [0.5, 0.6) is 11.5 Å². The summed E-state index contributed by atoms with van der Waals surface area (Å²) in [6.45, 7) is 2.08. The van der Waals surface area contributed by atoms with Crippen molar-refractivity contribution in [1.29, 1.82) is 0 Å². The number of hydrogen-bond acceptors (Lipinski definition) is 5. The largest absolute Gasteiger partial charge is 0.507 e. The van der Waals surface area contributed by atoms with Crippen LogP contribution in [0.1, 0.15) is 28.3 Å². The van der Waals surface area contributed by atoms with Crippen molar-refractivity contribution in [1.82, 2.24) is 4.90 Å². The molecule has 0 radical (unpaired) electrons. The molecular weight excluding hydrogens is 418 g/mol. The van der Waals surface area contributed by atoms with Crippen molar-refractivity contribution < 1.29 is 24.2 Å². The van der Waals surface area contributed by atoms with E-state index in [0.29, 0.717) is 17.1 Å². The Kier molecular flexibility index (Phi) is 6.18. The number of hydrogen-bond donors (Lipinski definition) is 1. The number of likely N-dealkylation sites (tertiary alicyclic amines) is 1. The number of methoxy groups -OCH3 is 2. The normalized spacial score (nSPS) is 17.3. The molecule has 6 heteroatoms. The number of aliphatic hydroxyl groups excluding tert-OH is 1. The Balaban J connectivity index is 1.87. The highest BCUT2D eigenvalue weighted by atomic mass is 16.5. The van der Waals surface area contributed by atoms with Gasteiger partial charge in [0.05, 0.1) is 32.4 Å². The molecule has 1 aliphatic heterocycles. The Morgan fingerprint density at radius 2 is 1.58 bits per heavy atom. The lowest BCUT2D eigenvalue weighted by Gasteiger charge is -2.27. The molecule has 1 aliphatic rings.